The largest absolute Gasteiger partial charge is 0.507 e. The topological polar surface area (TPSA) is 175 Å². The molecule has 1 amide bonds. The fourth-order valence-electron chi connectivity index (χ4n) is 6.93. The Morgan fingerprint density at radius 2 is 1.62 bits per heavy atom. The Morgan fingerprint density at radius 3 is 2.17 bits per heavy atom. The number of aliphatic hydroxyl groups excluding tert-OH is 1. The fourth-order valence-corrected chi connectivity index (χ4v) is 6.93. The molecule has 0 aliphatic heterocycles. The van der Waals surface area contributed by atoms with Crippen molar-refractivity contribution in [1.29, 1.82) is 0 Å². The van der Waals surface area contributed by atoms with E-state index in [0.717, 1.165) is 5.56 Å². The Hall–Kier alpha value is -3.99. The smallest absolute Gasteiger partial charge is 0.235 e. The molecule has 5 rings (SSSR count). The number of nitrogens with two attached hydrogens (primary N) is 1. The number of Topliss-reactive ketones (excluding diaryl/α,β-unsaturated/α-hetero) is 4. The second kappa shape index (κ2) is 9.79. The molecule has 0 bridgehead atoms. The zero-order valence-electron chi connectivity index (χ0n) is 24.0. The Balaban J connectivity index is 1.76. The summed E-state index contributed by atoms with van der Waals surface area (Å²) in [6, 6.07) is 10.5. The lowest BCUT2D eigenvalue weighted by Crippen LogP contribution is -2.77. The van der Waals surface area contributed by atoms with Crippen LogP contribution in [-0.4, -0.2) is 81.1 Å². The van der Waals surface area contributed by atoms with E-state index < -0.39 is 76.2 Å². The van der Waals surface area contributed by atoms with Gasteiger partial charge in [0, 0.05) is 5.92 Å². The second-order valence-corrected chi connectivity index (χ2v) is 12.7. The van der Waals surface area contributed by atoms with Crippen LogP contribution in [-0.2, 0) is 24.6 Å². The van der Waals surface area contributed by atoms with Gasteiger partial charge in [0.15, 0.2) is 34.7 Å². The Labute approximate surface area is 242 Å². The highest BCUT2D eigenvalue weighted by Crippen LogP contribution is 2.54. The standard InChI is InChI=1S/C32H34N2O8/c1-31(2,3)15-11-9-14(10-12-15)13-17-16-7-6-8-18(35)19(16)25(36)21-20(17)26(37)23-24(34(4)5)27(38)22(30(33)41)29(40)32(23,42)28(21)39/h6-13,20-24,26,35,37,42H,1-5H3,(H2,33,41). The number of ketones is 4. The molecule has 0 aromatic heterocycles. The average molecular weight is 575 g/mol. The molecule has 7 atom stereocenters. The third kappa shape index (κ3) is 4.08. The number of benzene rings is 2. The van der Waals surface area contributed by atoms with Gasteiger partial charge in [-0.1, -0.05) is 63.2 Å². The highest BCUT2D eigenvalue weighted by atomic mass is 16.3. The maximum atomic E-state index is 14.2. The molecule has 5 N–H and O–H groups in total. The fraction of sp³-hybridized carbons (Fsp3) is 0.406. The van der Waals surface area contributed by atoms with Crippen molar-refractivity contribution in [1.82, 2.24) is 4.90 Å². The lowest BCUT2D eigenvalue weighted by atomic mass is 9.50. The molecule has 2 aromatic carbocycles. The van der Waals surface area contributed by atoms with Gasteiger partial charge in [0.2, 0.25) is 5.91 Å². The molecular weight excluding hydrogens is 540 g/mol. The van der Waals surface area contributed by atoms with Crippen LogP contribution in [0.5, 0.6) is 5.75 Å². The molecule has 220 valence electrons. The van der Waals surface area contributed by atoms with E-state index in [1.807, 2.05) is 24.3 Å². The minimum Gasteiger partial charge on any atom is -0.507 e. The summed E-state index contributed by atoms with van der Waals surface area (Å²) >= 11 is 0. The van der Waals surface area contributed by atoms with Crippen molar-refractivity contribution in [3.8, 4) is 5.75 Å². The van der Waals surface area contributed by atoms with Gasteiger partial charge in [-0.15, -0.1) is 0 Å². The SMILES string of the molecule is CN(C)C1C(=O)C(C(N)=O)C(=O)C2(O)C(=O)C3C(=O)c4c(O)cccc4C(=Cc4ccc(C(C)(C)C)cc4)C3C(O)C12. The van der Waals surface area contributed by atoms with E-state index in [9.17, 15) is 39.3 Å². The maximum Gasteiger partial charge on any atom is 0.235 e. The highest BCUT2D eigenvalue weighted by Gasteiger charge is 2.72. The number of rotatable bonds is 3. The molecule has 0 spiro atoms. The number of nitrogens with zero attached hydrogens (tertiary/aromatic N) is 1. The van der Waals surface area contributed by atoms with E-state index in [0.29, 0.717) is 11.1 Å². The van der Waals surface area contributed by atoms with Crippen LogP contribution in [0, 0.1) is 23.7 Å². The van der Waals surface area contributed by atoms with Crippen LogP contribution >= 0.6 is 0 Å². The Morgan fingerprint density at radius 1 is 1.00 bits per heavy atom. The summed E-state index contributed by atoms with van der Waals surface area (Å²) in [5.41, 5.74) is 4.35. The number of phenolic OH excluding ortho intramolecular Hbond substituents is 1. The summed E-state index contributed by atoms with van der Waals surface area (Å²) in [5, 5.41) is 34.5. The van der Waals surface area contributed by atoms with Crippen LogP contribution in [0.4, 0.5) is 0 Å². The molecule has 3 aliphatic carbocycles. The van der Waals surface area contributed by atoms with Crippen molar-refractivity contribution in [2.24, 2.45) is 29.4 Å². The van der Waals surface area contributed by atoms with E-state index in [1.165, 1.54) is 31.1 Å². The molecule has 42 heavy (non-hydrogen) atoms. The van der Waals surface area contributed by atoms with E-state index in [1.54, 1.807) is 12.1 Å². The minimum atomic E-state index is -3.06. The van der Waals surface area contributed by atoms with Crippen molar-refractivity contribution in [3.63, 3.8) is 0 Å². The van der Waals surface area contributed by atoms with E-state index >= 15 is 0 Å². The molecule has 0 saturated heterocycles. The van der Waals surface area contributed by atoms with Gasteiger partial charge in [-0.05, 0) is 47.8 Å². The van der Waals surface area contributed by atoms with Crippen molar-refractivity contribution in [3.05, 3.63) is 64.7 Å². The second-order valence-electron chi connectivity index (χ2n) is 12.7. The molecular formula is C32H34N2O8. The van der Waals surface area contributed by atoms with Crippen LogP contribution in [0.2, 0.25) is 0 Å². The molecule has 0 heterocycles. The molecule has 2 aromatic rings. The first kappa shape index (κ1) is 29.5. The van der Waals surface area contributed by atoms with Gasteiger partial charge in [-0.3, -0.25) is 28.9 Å². The molecule has 2 saturated carbocycles. The number of aliphatic hydroxyl groups is 2. The third-order valence-electron chi connectivity index (χ3n) is 8.97. The quantitative estimate of drug-likeness (QED) is 0.392. The predicted molar refractivity (Wildman–Crippen MR) is 152 cm³/mol. The minimum absolute atomic E-state index is 0.118. The number of primary amides is 1. The number of amides is 1. The lowest BCUT2D eigenvalue weighted by molar-refractivity contribution is -0.192. The van der Waals surface area contributed by atoms with Crippen molar-refractivity contribution >= 4 is 40.7 Å². The number of hydrogen-bond acceptors (Lipinski definition) is 9. The normalized spacial score (nSPS) is 32.0. The summed E-state index contributed by atoms with van der Waals surface area (Å²) in [4.78, 5) is 68.6. The first-order valence-electron chi connectivity index (χ1n) is 13.7. The third-order valence-corrected chi connectivity index (χ3v) is 8.97. The summed E-state index contributed by atoms with van der Waals surface area (Å²) in [7, 11) is 2.90. The molecule has 2 fully saturated rings. The summed E-state index contributed by atoms with van der Waals surface area (Å²) < 4.78 is 0. The average Bonchev–Trinajstić information content (AvgIpc) is 2.89. The number of phenols is 1. The van der Waals surface area contributed by atoms with Crippen molar-refractivity contribution < 1.29 is 39.3 Å². The van der Waals surface area contributed by atoms with Gasteiger partial charge < -0.3 is 21.1 Å². The predicted octanol–water partition coefficient (Wildman–Crippen LogP) is 1.13. The monoisotopic (exact) mass is 574 g/mol. The Bertz CT molecular complexity index is 1570. The van der Waals surface area contributed by atoms with E-state index in [-0.39, 0.29) is 16.5 Å². The van der Waals surface area contributed by atoms with Gasteiger partial charge in [0.05, 0.1) is 29.5 Å². The van der Waals surface area contributed by atoms with Gasteiger partial charge in [-0.25, -0.2) is 0 Å². The van der Waals surface area contributed by atoms with Crippen LogP contribution < -0.4 is 5.73 Å². The van der Waals surface area contributed by atoms with Crippen molar-refractivity contribution in [2.45, 2.75) is 43.9 Å². The number of hydrogen-bond donors (Lipinski definition) is 4. The van der Waals surface area contributed by atoms with Crippen LogP contribution in [0.3, 0.4) is 0 Å². The first-order valence-corrected chi connectivity index (χ1v) is 13.7. The van der Waals surface area contributed by atoms with Gasteiger partial charge >= 0.3 is 0 Å². The Kier molecular flexibility index (Phi) is 6.88. The molecule has 7 unspecified atom stereocenters. The maximum absolute atomic E-state index is 14.2. The lowest BCUT2D eigenvalue weighted by Gasteiger charge is -2.55. The number of carbonyl (C=O) groups is 5. The highest BCUT2D eigenvalue weighted by molar-refractivity contribution is 6.33. The zero-order chi connectivity index (χ0) is 31.0. The number of likely N-dealkylation sites (N-methyl/N-ethyl adjacent to an activating group) is 1. The summed E-state index contributed by atoms with van der Waals surface area (Å²) in [6.45, 7) is 6.20. The molecule has 3 aliphatic rings. The van der Waals surface area contributed by atoms with Crippen LogP contribution in [0.15, 0.2) is 42.5 Å². The summed E-state index contributed by atoms with van der Waals surface area (Å²) in [5.74, 6) is -13.2. The van der Waals surface area contributed by atoms with Gasteiger partial charge in [0.25, 0.3) is 0 Å². The van der Waals surface area contributed by atoms with Crippen molar-refractivity contribution in [2.75, 3.05) is 14.1 Å². The van der Waals surface area contributed by atoms with Gasteiger partial charge in [0.1, 0.15) is 5.75 Å². The van der Waals surface area contributed by atoms with Crippen LogP contribution in [0.1, 0.15) is 47.8 Å². The number of carbonyl (C=O) groups excluding carboxylic acids is 5. The zero-order valence-corrected chi connectivity index (χ0v) is 24.0. The van der Waals surface area contributed by atoms with E-state index in [2.05, 4.69) is 20.8 Å². The van der Waals surface area contributed by atoms with Gasteiger partial charge in [-0.2, -0.15) is 0 Å². The number of aromatic hydroxyl groups is 1. The first-order chi connectivity index (χ1) is 19.5. The molecule has 0 radical (unpaired) electrons. The number of fused-ring (bicyclic) bond motifs is 3. The van der Waals surface area contributed by atoms with E-state index in [4.69, 9.17) is 5.73 Å². The summed E-state index contributed by atoms with van der Waals surface area (Å²) in [6.07, 6.45) is -0.0645. The molecule has 10 heteroatoms. The van der Waals surface area contributed by atoms with Crippen LogP contribution in [0.25, 0.3) is 11.6 Å². The molecule has 10 nitrogen and oxygen atoms in total.